The molecule has 2 aromatic carbocycles. The molecule has 0 heterocycles. The standard InChI is InChI=1S/C26H36N2O3/c1-6-24(26(30)27-17-19(2)3)28(18-22-8-7-9-23(16-22)31-5)25(29)15-14-21-12-10-20(4)11-13-21/h7-13,16,19,24H,6,14-15,17-18H2,1-5H3,(H,27,30). The third kappa shape index (κ3) is 7.74. The third-order valence-corrected chi connectivity index (χ3v) is 5.31. The lowest BCUT2D eigenvalue weighted by atomic mass is 10.0. The fourth-order valence-corrected chi connectivity index (χ4v) is 3.46. The van der Waals surface area contributed by atoms with Crippen LogP contribution in [0.3, 0.4) is 0 Å². The van der Waals surface area contributed by atoms with E-state index in [-0.39, 0.29) is 11.8 Å². The highest BCUT2D eigenvalue weighted by atomic mass is 16.5. The molecule has 0 radical (unpaired) electrons. The first-order valence-corrected chi connectivity index (χ1v) is 11.1. The van der Waals surface area contributed by atoms with E-state index in [0.717, 1.165) is 16.9 Å². The van der Waals surface area contributed by atoms with Gasteiger partial charge >= 0.3 is 0 Å². The van der Waals surface area contributed by atoms with Crippen molar-refractivity contribution in [2.45, 2.75) is 59.5 Å². The van der Waals surface area contributed by atoms with Crippen molar-refractivity contribution in [1.29, 1.82) is 0 Å². The molecule has 2 amide bonds. The number of aryl methyl sites for hydroxylation is 2. The largest absolute Gasteiger partial charge is 0.497 e. The van der Waals surface area contributed by atoms with Crippen molar-refractivity contribution in [3.63, 3.8) is 0 Å². The fraction of sp³-hybridized carbons (Fsp3) is 0.462. The number of hydrogen-bond acceptors (Lipinski definition) is 3. The Morgan fingerprint density at radius 1 is 1.06 bits per heavy atom. The number of rotatable bonds is 11. The van der Waals surface area contributed by atoms with Crippen LogP contribution in [-0.4, -0.2) is 36.4 Å². The summed E-state index contributed by atoms with van der Waals surface area (Å²) in [5, 5.41) is 3.00. The first-order chi connectivity index (χ1) is 14.8. The molecule has 5 heteroatoms. The molecule has 0 saturated heterocycles. The van der Waals surface area contributed by atoms with Gasteiger partial charge in [-0.15, -0.1) is 0 Å². The molecule has 5 nitrogen and oxygen atoms in total. The molecule has 0 aliphatic heterocycles. The highest BCUT2D eigenvalue weighted by Crippen LogP contribution is 2.19. The van der Waals surface area contributed by atoms with E-state index in [4.69, 9.17) is 4.74 Å². The molecule has 1 atom stereocenters. The van der Waals surface area contributed by atoms with Crippen LogP contribution in [0.1, 0.15) is 50.3 Å². The summed E-state index contributed by atoms with van der Waals surface area (Å²) in [7, 11) is 1.62. The minimum Gasteiger partial charge on any atom is -0.497 e. The molecule has 0 fully saturated rings. The highest BCUT2D eigenvalue weighted by molar-refractivity contribution is 5.87. The van der Waals surface area contributed by atoms with E-state index in [9.17, 15) is 9.59 Å². The number of carbonyl (C=O) groups is 2. The lowest BCUT2D eigenvalue weighted by Crippen LogP contribution is -2.49. The van der Waals surface area contributed by atoms with Crippen molar-refractivity contribution in [2.75, 3.05) is 13.7 Å². The van der Waals surface area contributed by atoms with Gasteiger partial charge in [-0.1, -0.05) is 62.7 Å². The summed E-state index contributed by atoms with van der Waals surface area (Å²) in [4.78, 5) is 27.9. The van der Waals surface area contributed by atoms with Gasteiger partial charge in [0.05, 0.1) is 7.11 Å². The zero-order valence-corrected chi connectivity index (χ0v) is 19.5. The van der Waals surface area contributed by atoms with E-state index in [2.05, 4.69) is 43.4 Å². The number of ether oxygens (including phenoxy) is 1. The second-order valence-electron chi connectivity index (χ2n) is 8.42. The summed E-state index contributed by atoms with van der Waals surface area (Å²) >= 11 is 0. The quantitative estimate of drug-likeness (QED) is 0.577. The first kappa shape index (κ1) is 24.4. The molecular formula is C26H36N2O3. The molecule has 0 saturated carbocycles. The van der Waals surface area contributed by atoms with Crippen molar-refractivity contribution in [2.24, 2.45) is 5.92 Å². The van der Waals surface area contributed by atoms with Gasteiger partial charge in [0.15, 0.2) is 0 Å². The van der Waals surface area contributed by atoms with Crippen LogP contribution in [0.5, 0.6) is 5.75 Å². The van der Waals surface area contributed by atoms with Crippen LogP contribution in [-0.2, 0) is 22.6 Å². The Labute approximate surface area is 186 Å². The molecule has 1 N–H and O–H groups in total. The summed E-state index contributed by atoms with van der Waals surface area (Å²) in [6, 6.07) is 15.4. The number of nitrogens with zero attached hydrogens (tertiary/aromatic N) is 1. The highest BCUT2D eigenvalue weighted by Gasteiger charge is 2.28. The van der Waals surface area contributed by atoms with Crippen LogP contribution < -0.4 is 10.1 Å². The molecule has 0 aromatic heterocycles. The molecule has 0 aliphatic carbocycles. The van der Waals surface area contributed by atoms with Gasteiger partial charge in [0, 0.05) is 19.5 Å². The van der Waals surface area contributed by atoms with Crippen LogP contribution in [0.4, 0.5) is 0 Å². The molecule has 0 aliphatic rings. The van der Waals surface area contributed by atoms with Crippen LogP contribution in [0.25, 0.3) is 0 Å². The zero-order valence-electron chi connectivity index (χ0n) is 19.5. The van der Waals surface area contributed by atoms with E-state index in [1.807, 2.05) is 38.1 Å². The average Bonchev–Trinajstić information content (AvgIpc) is 2.77. The van der Waals surface area contributed by atoms with E-state index < -0.39 is 6.04 Å². The number of benzene rings is 2. The molecule has 0 spiro atoms. The summed E-state index contributed by atoms with van der Waals surface area (Å²) in [5.41, 5.74) is 3.26. The van der Waals surface area contributed by atoms with Crippen molar-refractivity contribution in [1.82, 2.24) is 10.2 Å². The number of nitrogens with one attached hydrogen (secondary N) is 1. The number of amides is 2. The minimum absolute atomic E-state index is 0.0186. The number of methoxy groups -OCH3 is 1. The summed E-state index contributed by atoms with van der Waals surface area (Å²) < 4.78 is 5.33. The van der Waals surface area contributed by atoms with Gasteiger partial charge in [-0.05, 0) is 48.9 Å². The van der Waals surface area contributed by atoms with Gasteiger partial charge in [0.2, 0.25) is 11.8 Å². The molecule has 0 bridgehead atoms. The van der Waals surface area contributed by atoms with Crippen LogP contribution in [0.15, 0.2) is 48.5 Å². The first-order valence-electron chi connectivity index (χ1n) is 11.1. The molecular weight excluding hydrogens is 388 g/mol. The molecule has 2 rings (SSSR count). The monoisotopic (exact) mass is 424 g/mol. The van der Waals surface area contributed by atoms with Crippen LogP contribution in [0, 0.1) is 12.8 Å². The van der Waals surface area contributed by atoms with Crippen molar-refractivity contribution >= 4 is 11.8 Å². The van der Waals surface area contributed by atoms with Crippen LogP contribution in [0.2, 0.25) is 0 Å². The van der Waals surface area contributed by atoms with Crippen LogP contribution >= 0.6 is 0 Å². The molecule has 2 aromatic rings. The zero-order chi connectivity index (χ0) is 22.8. The predicted octanol–water partition coefficient (Wildman–Crippen LogP) is 4.52. The Balaban J connectivity index is 2.20. The van der Waals surface area contributed by atoms with Crippen molar-refractivity contribution in [3.8, 4) is 5.75 Å². The van der Waals surface area contributed by atoms with E-state index >= 15 is 0 Å². The SMILES string of the molecule is CCC(C(=O)NCC(C)C)N(Cc1cccc(OC)c1)C(=O)CCc1ccc(C)cc1. The topological polar surface area (TPSA) is 58.6 Å². The second-order valence-corrected chi connectivity index (χ2v) is 8.42. The lowest BCUT2D eigenvalue weighted by molar-refractivity contribution is -0.141. The van der Waals surface area contributed by atoms with E-state index in [0.29, 0.717) is 38.3 Å². The summed E-state index contributed by atoms with van der Waals surface area (Å²) in [5.74, 6) is 0.977. The molecule has 31 heavy (non-hydrogen) atoms. The van der Waals surface area contributed by atoms with Gasteiger partial charge in [-0.25, -0.2) is 0 Å². The maximum absolute atomic E-state index is 13.3. The second kappa shape index (κ2) is 12.1. The Morgan fingerprint density at radius 2 is 1.77 bits per heavy atom. The molecule has 168 valence electrons. The lowest BCUT2D eigenvalue weighted by Gasteiger charge is -2.31. The smallest absolute Gasteiger partial charge is 0.242 e. The van der Waals surface area contributed by atoms with Gasteiger partial charge in [-0.3, -0.25) is 9.59 Å². The Morgan fingerprint density at radius 3 is 2.39 bits per heavy atom. The van der Waals surface area contributed by atoms with E-state index in [1.54, 1.807) is 12.0 Å². The maximum Gasteiger partial charge on any atom is 0.242 e. The Bertz CT molecular complexity index is 846. The Hall–Kier alpha value is -2.82. The summed E-state index contributed by atoms with van der Waals surface area (Å²) in [6.07, 6.45) is 1.57. The van der Waals surface area contributed by atoms with Crippen molar-refractivity contribution < 1.29 is 14.3 Å². The number of hydrogen-bond donors (Lipinski definition) is 1. The van der Waals surface area contributed by atoms with E-state index in [1.165, 1.54) is 5.56 Å². The third-order valence-electron chi connectivity index (χ3n) is 5.31. The van der Waals surface area contributed by atoms with Gasteiger partial charge in [0.25, 0.3) is 0 Å². The normalized spacial score (nSPS) is 11.8. The minimum atomic E-state index is -0.504. The Kier molecular flexibility index (Phi) is 9.57. The maximum atomic E-state index is 13.3. The predicted molar refractivity (Wildman–Crippen MR) is 125 cm³/mol. The van der Waals surface area contributed by atoms with Gasteiger partial charge < -0.3 is 15.0 Å². The van der Waals surface area contributed by atoms with Gasteiger partial charge in [0.1, 0.15) is 11.8 Å². The molecule has 1 unspecified atom stereocenters. The average molecular weight is 425 g/mol. The fourth-order valence-electron chi connectivity index (χ4n) is 3.46. The van der Waals surface area contributed by atoms with Crippen molar-refractivity contribution in [3.05, 3.63) is 65.2 Å². The van der Waals surface area contributed by atoms with Gasteiger partial charge in [-0.2, -0.15) is 0 Å². The summed E-state index contributed by atoms with van der Waals surface area (Å²) in [6.45, 7) is 9.08. The number of carbonyl (C=O) groups excluding carboxylic acids is 2.